The van der Waals surface area contributed by atoms with E-state index in [1.165, 1.54) is 0 Å². The van der Waals surface area contributed by atoms with Gasteiger partial charge in [-0.05, 0) is 12.1 Å². The Hall–Kier alpha value is -1.59. The summed E-state index contributed by atoms with van der Waals surface area (Å²) in [5.74, 6) is 0.618. The van der Waals surface area contributed by atoms with Gasteiger partial charge in [0.25, 0.3) is 5.91 Å². The SMILES string of the molecule is COCCN(CCOC)C(=O)COc1ccccc1. The Morgan fingerprint density at radius 2 is 1.63 bits per heavy atom. The predicted molar refractivity (Wildman–Crippen MR) is 72.3 cm³/mol. The number of rotatable bonds is 9. The van der Waals surface area contributed by atoms with Crippen LogP contribution in [0.15, 0.2) is 30.3 Å². The summed E-state index contributed by atoms with van der Waals surface area (Å²) in [7, 11) is 3.22. The molecule has 1 amide bonds. The highest BCUT2D eigenvalue weighted by atomic mass is 16.5. The van der Waals surface area contributed by atoms with Crippen LogP contribution in [0.1, 0.15) is 0 Å². The molecule has 1 rings (SSSR count). The average Bonchev–Trinajstić information content (AvgIpc) is 2.46. The van der Waals surface area contributed by atoms with Crippen LogP contribution in [0.3, 0.4) is 0 Å². The van der Waals surface area contributed by atoms with Crippen molar-refractivity contribution in [2.24, 2.45) is 0 Å². The van der Waals surface area contributed by atoms with Gasteiger partial charge in [-0.15, -0.1) is 0 Å². The zero-order chi connectivity index (χ0) is 13.9. The molecule has 1 aromatic carbocycles. The monoisotopic (exact) mass is 267 g/mol. The van der Waals surface area contributed by atoms with Crippen molar-refractivity contribution in [2.75, 3.05) is 47.1 Å². The third-order valence-electron chi connectivity index (χ3n) is 2.59. The summed E-state index contributed by atoms with van der Waals surface area (Å²) in [6, 6.07) is 9.28. The van der Waals surface area contributed by atoms with Crippen LogP contribution in [0.2, 0.25) is 0 Å². The molecule has 0 atom stereocenters. The maximum atomic E-state index is 12.0. The van der Waals surface area contributed by atoms with E-state index in [4.69, 9.17) is 14.2 Å². The third-order valence-corrected chi connectivity index (χ3v) is 2.59. The number of nitrogens with zero attached hydrogens (tertiary/aromatic N) is 1. The summed E-state index contributed by atoms with van der Waals surface area (Å²) in [5.41, 5.74) is 0. The van der Waals surface area contributed by atoms with Gasteiger partial charge in [0.05, 0.1) is 13.2 Å². The quantitative estimate of drug-likeness (QED) is 0.674. The van der Waals surface area contributed by atoms with Gasteiger partial charge in [0.15, 0.2) is 6.61 Å². The molecule has 0 unspecified atom stereocenters. The fourth-order valence-electron chi connectivity index (χ4n) is 1.52. The van der Waals surface area contributed by atoms with E-state index in [1.54, 1.807) is 19.1 Å². The Labute approximate surface area is 114 Å². The summed E-state index contributed by atoms with van der Waals surface area (Å²) >= 11 is 0. The standard InChI is InChI=1S/C14H21NO4/c1-17-10-8-15(9-11-18-2)14(16)12-19-13-6-4-3-5-7-13/h3-7H,8-12H2,1-2H3. The Bertz CT molecular complexity index is 348. The van der Waals surface area contributed by atoms with Crippen molar-refractivity contribution in [1.29, 1.82) is 0 Å². The molecule has 0 aromatic heterocycles. The van der Waals surface area contributed by atoms with Crippen molar-refractivity contribution in [3.8, 4) is 5.75 Å². The van der Waals surface area contributed by atoms with Crippen LogP contribution >= 0.6 is 0 Å². The number of benzene rings is 1. The Morgan fingerprint density at radius 1 is 1.05 bits per heavy atom. The second-order valence-corrected chi connectivity index (χ2v) is 3.97. The Kier molecular flexibility index (Phi) is 7.62. The Balaban J connectivity index is 2.41. The van der Waals surface area contributed by atoms with Gasteiger partial charge in [0, 0.05) is 27.3 Å². The fraction of sp³-hybridized carbons (Fsp3) is 0.500. The van der Waals surface area contributed by atoms with Gasteiger partial charge in [-0.3, -0.25) is 4.79 Å². The highest BCUT2D eigenvalue weighted by Crippen LogP contribution is 2.08. The average molecular weight is 267 g/mol. The number of ether oxygens (including phenoxy) is 3. The van der Waals surface area contributed by atoms with Crippen LogP contribution in [0.4, 0.5) is 0 Å². The molecule has 0 N–H and O–H groups in total. The van der Waals surface area contributed by atoms with Gasteiger partial charge >= 0.3 is 0 Å². The summed E-state index contributed by atoms with van der Waals surface area (Å²) in [5, 5.41) is 0. The summed E-state index contributed by atoms with van der Waals surface area (Å²) in [6.07, 6.45) is 0. The van der Waals surface area contributed by atoms with E-state index < -0.39 is 0 Å². The molecule has 5 heteroatoms. The van der Waals surface area contributed by atoms with E-state index in [2.05, 4.69) is 0 Å². The normalized spacial score (nSPS) is 10.2. The molecular weight excluding hydrogens is 246 g/mol. The highest BCUT2D eigenvalue weighted by molar-refractivity contribution is 5.77. The van der Waals surface area contributed by atoms with Crippen LogP contribution in [-0.2, 0) is 14.3 Å². The molecular formula is C14H21NO4. The van der Waals surface area contributed by atoms with Gasteiger partial charge in [-0.1, -0.05) is 18.2 Å². The molecule has 5 nitrogen and oxygen atoms in total. The van der Waals surface area contributed by atoms with E-state index in [1.807, 2.05) is 30.3 Å². The van der Waals surface area contributed by atoms with Crippen molar-refractivity contribution >= 4 is 5.91 Å². The molecule has 0 aliphatic heterocycles. The molecule has 0 spiro atoms. The molecule has 19 heavy (non-hydrogen) atoms. The molecule has 0 heterocycles. The third kappa shape index (κ3) is 6.22. The number of hydrogen-bond donors (Lipinski definition) is 0. The van der Waals surface area contributed by atoms with Gasteiger partial charge < -0.3 is 19.1 Å². The van der Waals surface area contributed by atoms with Gasteiger partial charge in [-0.25, -0.2) is 0 Å². The molecule has 0 aliphatic carbocycles. The molecule has 0 aliphatic rings. The van der Waals surface area contributed by atoms with Crippen LogP contribution in [-0.4, -0.2) is 57.9 Å². The van der Waals surface area contributed by atoms with Crippen molar-refractivity contribution in [1.82, 2.24) is 4.90 Å². The Morgan fingerprint density at radius 3 is 2.16 bits per heavy atom. The summed E-state index contributed by atoms with van der Waals surface area (Å²) in [4.78, 5) is 13.7. The minimum Gasteiger partial charge on any atom is -0.484 e. The molecule has 0 saturated carbocycles. The van der Waals surface area contributed by atoms with Crippen molar-refractivity contribution < 1.29 is 19.0 Å². The number of carbonyl (C=O) groups is 1. The highest BCUT2D eigenvalue weighted by Gasteiger charge is 2.13. The van der Waals surface area contributed by atoms with Crippen LogP contribution < -0.4 is 4.74 Å². The zero-order valence-corrected chi connectivity index (χ0v) is 11.5. The van der Waals surface area contributed by atoms with Crippen LogP contribution in [0, 0.1) is 0 Å². The lowest BCUT2D eigenvalue weighted by atomic mass is 10.3. The van der Waals surface area contributed by atoms with Crippen LogP contribution in [0.5, 0.6) is 5.75 Å². The number of hydrogen-bond acceptors (Lipinski definition) is 4. The number of para-hydroxylation sites is 1. The first-order valence-corrected chi connectivity index (χ1v) is 6.21. The van der Waals surface area contributed by atoms with E-state index in [0.29, 0.717) is 32.1 Å². The predicted octanol–water partition coefficient (Wildman–Crippen LogP) is 1.19. The number of methoxy groups -OCH3 is 2. The first-order valence-electron chi connectivity index (χ1n) is 6.21. The zero-order valence-electron chi connectivity index (χ0n) is 11.5. The second kappa shape index (κ2) is 9.35. The first-order chi connectivity index (χ1) is 9.27. The van der Waals surface area contributed by atoms with Gasteiger partial charge in [0.2, 0.25) is 0 Å². The summed E-state index contributed by atoms with van der Waals surface area (Å²) < 4.78 is 15.4. The minimum absolute atomic E-state index is 0.0252. The smallest absolute Gasteiger partial charge is 0.260 e. The van der Waals surface area contributed by atoms with E-state index in [-0.39, 0.29) is 12.5 Å². The lowest BCUT2D eigenvalue weighted by Crippen LogP contribution is -2.39. The number of carbonyl (C=O) groups excluding carboxylic acids is 1. The van der Waals surface area contributed by atoms with Crippen molar-refractivity contribution in [3.63, 3.8) is 0 Å². The molecule has 0 fully saturated rings. The van der Waals surface area contributed by atoms with Crippen molar-refractivity contribution in [2.45, 2.75) is 0 Å². The number of amides is 1. The fourth-order valence-corrected chi connectivity index (χ4v) is 1.52. The lowest BCUT2D eigenvalue weighted by molar-refractivity contribution is -0.134. The molecule has 0 radical (unpaired) electrons. The van der Waals surface area contributed by atoms with Crippen molar-refractivity contribution in [3.05, 3.63) is 30.3 Å². The van der Waals surface area contributed by atoms with E-state index in [9.17, 15) is 4.79 Å². The van der Waals surface area contributed by atoms with E-state index >= 15 is 0 Å². The molecule has 106 valence electrons. The molecule has 0 bridgehead atoms. The first kappa shape index (κ1) is 15.5. The minimum atomic E-state index is -0.0713. The van der Waals surface area contributed by atoms with E-state index in [0.717, 1.165) is 0 Å². The maximum Gasteiger partial charge on any atom is 0.260 e. The lowest BCUT2D eigenvalue weighted by Gasteiger charge is -2.22. The molecule has 0 saturated heterocycles. The summed E-state index contributed by atoms with van der Waals surface area (Å²) in [6.45, 7) is 2.10. The second-order valence-electron chi connectivity index (χ2n) is 3.97. The van der Waals surface area contributed by atoms with Gasteiger partial charge in [0.1, 0.15) is 5.75 Å². The van der Waals surface area contributed by atoms with Gasteiger partial charge in [-0.2, -0.15) is 0 Å². The topological polar surface area (TPSA) is 48.0 Å². The van der Waals surface area contributed by atoms with Crippen LogP contribution in [0.25, 0.3) is 0 Å². The molecule has 1 aromatic rings. The largest absolute Gasteiger partial charge is 0.484 e. The maximum absolute atomic E-state index is 12.0.